The molecule has 0 unspecified atom stereocenters. The highest BCUT2D eigenvalue weighted by atomic mass is 35.5. The Balaban J connectivity index is 1.75. The Morgan fingerprint density at radius 1 is 1.04 bits per heavy atom. The Kier molecular flexibility index (Phi) is 5.34. The van der Waals surface area contributed by atoms with Gasteiger partial charge in [-0.05, 0) is 17.7 Å². The first-order valence-corrected chi connectivity index (χ1v) is 8.24. The lowest BCUT2D eigenvalue weighted by atomic mass is 10.1. The van der Waals surface area contributed by atoms with Crippen molar-refractivity contribution in [1.29, 1.82) is 0 Å². The van der Waals surface area contributed by atoms with Crippen molar-refractivity contribution in [2.24, 2.45) is 7.05 Å². The third-order valence-electron chi connectivity index (χ3n) is 3.89. The van der Waals surface area contributed by atoms with Crippen LogP contribution >= 0.6 is 11.6 Å². The molecule has 3 nitrogen and oxygen atoms in total. The standard InChI is InChI=1S/C19H16ClF3N2O/c1-25-18(20)16(17(24-25)14-7-3-2-4-8-14)12-26-11-13-6-5-9-15(10-13)19(21,22)23/h2-10H,11-12H2,1H3. The van der Waals surface area contributed by atoms with Gasteiger partial charge in [-0.2, -0.15) is 18.3 Å². The van der Waals surface area contributed by atoms with E-state index in [-0.39, 0.29) is 13.2 Å². The van der Waals surface area contributed by atoms with Crippen molar-refractivity contribution in [2.45, 2.75) is 19.4 Å². The van der Waals surface area contributed by atoms with Gasteiger partial charge in [0.1, 0.15) is 5.15 Å². The molecule has 0 aliphatic rings. The number of hydrogen-bond acceptors (Lipinski definition) is 2. The van der Waals surface area contributed by atoms with Crippen LogP contribution in [0.25, 0.3) is 11.3 Å². The maximum absolute atomic E-state index is 12.8. The molecule has 0 aliphatic heterocycles. The van der Waals surface area contributed by atoms with Crippen LogP contribution < -0.4 is 0 Å². The summed E-state index contributed by atoms with van der Waals surface area (Å²) >= 11 is 6.30. The maximum atomic E-state index is 12.8. The smallest absolute Gasteiger partial charge is 0.372 e. The van der Waals surface area contributed by atoms with Gasteiger partial charge in [-0.25, -0.2) is 0 Å². The summed E-state index contributed by atoms with van der Waals surface area (Å²) in [6, 6.07) is 14.6. The number of rotatable bonds is 5. The van der Waals surface area contributed by atoms with Crippen LogP contribution in [-0.2, 0) is 31.2 Å². The highest BCUT2D eigenvalue weighted by molar-refractivity contribution is 6.30. The number of hydrogen-bond donors (Lipinski definition) is 0. The number of aryl methyl sites for hydroxylation is 1. The van der Waals surface area contributed by atoms with Gasteiger partial charge in [-0.15, -0.1) is 0 Å². The molecule has 0 bridgehead atoms. The minimum absolute atomic E-state index is 0.0450. The van der Waals surface area contributed by atoms with Crippen LogP contribution in [0.4, 0.5) is 13.2 Å². The molecule has 3 rings (SSSR count). The van der Waals surface area contributed by atoms with Crippen LogP contribution in [0.5, 0.6) is 0 Å². The van der Waals surface area contributed by atoms with Gasteiger partial charge in [0.15, 0.2) is 0 Å². The van der Waals surface area contributed by atoms with Gasteiger partial charge >= 0.3 is 6.18 Å². The van der Waals surface area contributed by atoms with Crippen LogP contribution in [-0.4, -0.2) is 9.78 Å². The van der Waals surface area contributed by atoms with Gasteiger partial charge in [-0.3, -0.25) is 4.68 Å². The number of benzene rings is 2. The average Bonchev–Trinajstić information content (AvgIpc) is 2.90. The number of ether oxygens (including phenoxy) is 1. The Morgan fingerprint density at radius 2 is 1.77 bits per heavy atom. The highest BCUT2D eigenvalue weighted by Crippen LogP contribution is 2.31. The predicted octanol–water partition coefficient (Wildman–Crippen LogP) is 5.48. The first-order chi connectivity index (χ1) is 12.4. The minimum atomic E-state index is -4.37. The van der Waals surface area contributed by atoms with Crippen LogP contribution in [0.2, 0.25) is 5.15 Å². The Morgan fingerprint density at radius 3 is 2.46 bits per heavy atom. The third-order valence-corrected chi connectivity index (χ3v) is 4.36. The van der Waals surface area contributed by atoms with Crippen LogP contribution in [0.3, 0.4) is 0 Å². The fraction of sp³-hybridized carbons (Fsp3) is 0.211. The molecule has 0 atom stereocenters. The summed E-state index contributed by atoms with van der Waals surface area (Å²) in [5.41, 5.74) is 2.05. The number of aromatic nitrogens is 2. The summed E-state index contributed by atoms with van der Waals surface area (Å²) in [5, 5.41) is 4.85. The van der Waals surface area contributed by atoms with Crippen LogP contribution in [0.1, 0.15) is 16.7 Å². The molecular formula is C19H16ClF3N2O. The van der Waals surface area contributed by atoms with Gasteiger partial charge in [0.05, 0.1) is 24.5 Å². The maximum Gasteiger partial charge on any atom is 0.416 e. The molecule has 0 saturated heterocycles. The lowest BCUT2D eigenvalue weighted by molar-refractivity contribution is -0.137. The van der Waals surface area contributed by atoms with Crippen molar-refractivity contribution < 1.29 is 17.9 Å². The normalized spacial score (nSPS) is 11.7. The number of halogens is 4. The minimum Gasteiger partial charge on any atom is -0.372 e. The summed E-state index contributed by atoms with van der Waals surface area (Å²) in [4.78, 5) is 0. The first-order valence-electron chi connectivity index (χ1n) is 7.87. The van der Waals surface area contributed by atoms with Gasteiger partial charge in [0.2, 0.25) is 0 Å². The number of nitrogens with zero attached hydrogens (tertiary/aromatic N) is 2. The molecule has 1 aromatic heterocycles. The Bertz CT molecular complexity index is 892. The summed E-state index contributed by atoms with van der Waals surface area (Å²) in [6.45, 7) is 0.191. The monoisotopic (exact) mass is 380 g/mol. The van der Waals surface area contributed by atoms with Crippen molar-refractivity contribution >= 4 is 11.6 Å². The predicted molar refractivity (Wildman–Crippen MR) is 93.6 cm³/mol. The van der Waals surface area contributed by atoms with Gasteiger partial charge in [0, 0.05) is 18.2 Å². The van der Waals surface area contributed by atoms with Crippen molar-refractivity contribution in [1.82, 2.24) is 9.78 Å². The Hall–Kier alpha value is -2.31. The summed E-state index contributed by atoms with van der Waals surface area (Å²) in [6.07, 6.45) is -4.37. The van der Waals surface area contributed by atoms with E-state index in [0.29, 0.717) is 22.0 Å². The van der Waals surface area contributed by atoms with Crippen molar-refractivity contribution in [3.8, 4) is 11.3 Å². The van der Waals surface area contributed by atoms with Crippen LogP contribution in [0, 0.1) is 0 Å². The van der Waals surface area contributed by atoms with E-state index in [1.54, 1.807) is 17.8 Å². The summed E-state index contributed by atoms with van der Waals surface area (Å²) in [7, 11) is 1.73. The quantitative estimate of drug-likeness (QED) is 0.586. The lowest BCUT2D eigenvalue weighted by Gasteiger charge is -2.09. The average molecular weight is 381 g/mol. The van der Waals surface area contributed by atoms with E-state index in [1.165, 1.54) is 6.07 Å². The van der Waals surface area contributed by atoms with E-state index in [4.69, 9.17) is 16.3 Å². The van der Waals surface area contributed by atoms with E-state index in [9.17, 15) is 13.2 Å². The number of alkyl halides is 3. The molecule has 0 radical (unpaired) electrons. The van der Waals surface area contributed by atoms with Gasteiger partial charge in [-0.1, -0.05) is 54.1 Å². The molecule has 2 aromatic carbocycles. The molecule has 7 heteroatoms. The molecule has 0 N–H and O–H groups in total. The third kappa shape index (κ3) is 4.08. The van der Waals surface area contributed by atoms with Crippen LogP contribution in [0.15, 0.2) is 54.6 Å². The molecule has 0 aliphatic carbocycles. The highest BCUT2D eigenvalue weighted by Gasteiger charge is 2.30. The van der Waals surface area contributed by atoms with E-state index in [1.807, 2.05) is 30.3 Å². The second kappa shape index (κ2) is 7.51. The fourth-order valence-corrected chi connectivity index (χ4v) is 2.79. The molecule has 1 heterocycles. The zero-order chi connectivity index (χ0) is 18.7. The second-order valence-corrected chi connectivity index (χ2v) is 6.16. The molecule has 26 heavy (non-hydrogen) atoms. The van der Waals surface area contributed by atoms with Gasteiger partial charge in [0.25, 0.3) is 0 Å². The largest absolute Gasteiger partial charge is 0.416 e. The lowest BCUT2D eigenvalue weighted by Crippen LogP contribution is -2.05. The molecule has 0 saturated carbocycles. The van der Waals surface area contributed by atoms with Crippen molar-refractivity contribution in [3.05, 3.63) is 76.4 Å². The van der Waals surface area contributed by atoms with E-state index in [2.05, 4.69) is 5.10 Å². The summed E-state index contributed by atoms with van der Waals surface area (Å²) < 4.78 is 45.5. The molecular weight excluding hydrogens is 365 g/mol. The summed E-state index contributed by atoms with van der Waals surface area (Å²) in [5.74, 6) is 0. The van der Waals surface area contributed by atoms with E-state index in [0.717, 1.165) is 17.7 Å². The van der Waals surface area contributed by atoms with E-state index < -0.39 is 11.7 Å². The second-order valence-electron chi connectivity index (χ2n) is 5.80. The molecule has 136 valence electrons. The van der Waals surface area contributed by atoms with Gasteiger partial charge < -0.3 is 4.74 Å². The van der Waals surface area contributed by atoms with E-state index >= 15 is 0 Å². The SMILES string of the molecule is Cn1nc(-c2ccccc2)c(COCc2cccc(C(F)(F)F)c2)c1Cl. The zero-order valence-electron chi connectivity index (χ0n) is 13.9. The topological polar surface area (TPSA) is 27.1 Å². The fourth-order valence-electron chi connectivity index (χ4n) is 2.61. The van der Waals surface area contributed by atoms with Crippen molar-refractivity contribution in [2.75, 3.05) is 0 Å². The first kappa shape index (κ1) is 18.5. The molecule has 0 spiro atoms. The zero-order valence-corrected chi connectivity index (χ0v) is 14.7. The van der Waals surface area contributed by atoms with Crippen molar-refractivity contribution in [3.63, 3.8) is 0 Å². The Labute approximate surface area is 154 Å². The molecule has 0 amide bonds. The molecule has 3 aromatic rings. The molecule has 0 fully saturated rings.